The number of fused-ring (bicyclic) bond motifs is 2. The van der Waals surface area contributed by atoms with Crippen LogP contribution in [0.5, 0.6) is 0 Å². The minimum atomic E-state index is 0.474. The van der Waals surface area contributed by atoms with Crippen LogP contribution in [0.2, 0.25) is 10.0 Å². The Kier molecular flexibility index (Phi) is 1.85. The number of nitrogens with zero attached hydrogens (tertiary/aromatic N) is 4. The summed E-state index contributed by atoms with van der Waals surface area (Å²) in [7, 11) is 0. The fourth-order valence-electron chi connectivity index (χ4n) is 1.18. The van der Waals surface area contributed by atoms with Gasteiger partial charge in [0.05, 0.1) is 33.1 Å². The van der Waals surface area contributed by atoms with Crippen molar-refractivity contribution in [1.29, 1.82) is 0 Å². The summed E-state index contributed by atoms with van der Waals surface area (Å²) >= 11 is 14.3. The zero-order valence-electron chi connectivity index (χ0n) is 6.36. The van der Waals surface area contributed by atoms with Gasteiger partial charge in [-0.3, -0.25) is 0 Å². The van der Waals surface area contributed by atoms with Crippen LogP contribution in [-0.2, 0) is 11.4 Å². The van der Waals surface area contributed by atoms with Crippen LogP contribution in [0.1, 0.15) is 0 Å². The highest BCUT2D eigenvalue weighted by molar-refractivity contribution is 7.58. The van der Waals surface area contributed by atoms with Gasteiger partial charge < -0.3 is 0 Å². The Bertz CT molecular complexity index is 566. The quantitative estimate of drug-likeness (QED) is 0.620. The lowest BCUT2D eigenvalue weighted by atomic mass is 10.2. The summed E-state index contributed by atoms with van der Waals surface area (Å²) in [6.07, 6.45) is 0. The van der Waals surface area contributed by atoms with Crippen molar-refractivity contribution in [2.45, 2.75) is 0 Å². The van der Waals surface area contributed by atoms with Gasteiger partial charge >= 0.3 is 0 Å². The molecular weight excluding hydrogens is 263 g/mol. The molecule has 0 fully saturated rings. The van der Waals surface area contributed by atoms with Gasteiger partial charge in [0.15, 0.2) is 0 Å². The Balaban J connectivity index is 2.59. The van der Waals surface area contributed by atoms with Crippen molar-refractivity contribution in [1.82, 2.24) is 8.75 Å². The molecule has 14 heavy (non-hydrogen) atoms. The number of benzene rings is 1. The van der Waals surface area contributed by atoms with Gasteiger partial charge in [-0.15, -0.1) is 0 Å². The number of rotatable bonds is 0. The van der Waals surface area contributed by atoms with Crippen molar-refractivity contribution < 1.29 is 0 Å². The van der Waals surface area contributed by atoms with E-state index in [1.54, 1.807) is 0 Å². The molecule has 2 aromatic rings. The Morgan fingerprint density at radius 1 is 0.857 bits per heavy atom. The van der Waals surface area contributed by atoms with Gasteiger partial charge in [-0.2, -0.15) is 17.5 Å². The molecule has 1 aliphatic rings. The summed E-state index contributed by atoms with van der Waals surface area (Å²) in [6, 6.07) is 0. The lowest BCUT2D eigenvalue weighted by Crippen LogP contribution is -1.76. The molecule has 1 aromatic carbocycles. The van der Waals surface area contributed by atoms with Gasteiger partial charge in [-0.1, -0.05) is 23.2 Å². The minimum absolute atomic E-state index is 0.474. The molecule has 1 aromatic heterocycles. The number of hydrogen-bond donors (Lipinski definition) is 0. The fourth-order valence-corrected chi connectivity index (χ4v) is 3.02. The van der Waals surface area contributed by atoms with Gasteiger partial charge in [0.25, 0.3) is 0 Å². The molecule has 0 amide bonds. The Morgan fingerprint density at radius 2 is 1.36 bits per heavy atom. The molecular formula is C6Cl2N4S2. The standard InChI is InChI=1S/C6Cl2N4S2/c7-1-3-5(11-13-9-3)2(8)6-4(1)10-14-12-6. The van der Waals surface area contributed by atoms with Crippen molar-refractivity contribution in [3.8, 4) is 0 Å². The first-order valence-corrected chi connectivity index (χ1v) is 5.72. The van der Waals surface area contributed by atoms with E-state index in [2.05, 4.69) is 17.5 Å². The van der Waals surface area contributed by atoms with Crippen LogP contribution in [0.3, 0.4) is 0 Å². The first-order valence-electron chi connectivity index (χ1n) is 3.50. The maximum absolute atomic E-state index is 6.08. The van der Waals surface area contributed by atoms with E-state index in [4.69, 9.17) is 23.2 Å². The van der Waals surface area contributed by atoms with Crippen LogP contribution in [0.25, 0.3) is 11.0 Å². The zero-order valence-corrected chi connectivity index (χ0v) is 9.51. The molecule has 0 atom stereocenters. The fraction of sp³-hybridized carbons (Fsp3) is 0. The number of halogens is 2. The predicted molar refractivity (Wildman–Crippen MR) is 59.0 cm³/mol. The zero-order chi connectivity index (χ0) is 9.71. The lowest BCUT2D eigenvalue weighted by Gasteiger charge is -2.00. The smallest absolute Gasteiger partial charge is 0.127 e. The van der Waals surface area contributed by atoms with Crippen LogP contribution in [0.4, 0.5) is 11.4 Å². The first-order chi connectivity index (χ1) is 6.79. The van der Waals surface area contributed by atoms with Crippen LogP contribution in [-0.4, -0.2) is 8.75 Å². The van der Waals surface area contributed by atoms with Crippen LogP contribution < -0.4 is 0 Å². The number of aromatic nitrogens is 2. The highest BCUT2D eigenvalue weighted by Gasteiger charge is 2.21. The molecule has 0 spiro atoms. The molecule has 0 bridgehead atoms. The predicted octanol–water partition coefficient (Wildman–Crippen LogP) is 3.72. The minimum Gasteiger partial charge on any atom is -0.171 e. The van der Waals surface area contributed by atoms with E-state index in [0.29, 0.717) is 32.5 Å². The molecule has 4 nitrogen and oxygen atoms in total. The molecule has 0 unspecified atom stereocenters. The third-order valence-corrected chi connectivity index (χ3v) is 3.58. The third kappa shape index (κ3) is 0.993. The van der Waals surface area contributed by atoms with E-state index in [9.17, 15) is 0 Å². The summed E-state index contributed by atoms with van der Waals surface area (Å²) in [6.45, 7) is 0. The summed E-state index contributed by atoms with van der Waals surface area (Å²) in [4.78, 5) is 0. The van der Waals surface area contributed by atoms with Crippen LogP contribution in [0.15, 0.2) is 8.73 Å². The first kappa shape index (κ1) is 8.72. The second-order valence-electron chi connectivity index (χ2n) is 2.55. The third-order valence-electron chi connectivity index (χ3n) is 1.81. The molecule has 0 saturated carbocycles. The SMILES string of the molecule is Clc1c2c(c(Cl)c3nsnc13)N=S=N2. The van der Waals surface area contributed by atoms with E-state index in [0.717, 1.165) is 23.1 Å². The van der Waals surface area contributed by atoms with Crippen molar-refractivity contribution in [3.05, 3.63) is 10.0 Å². The normalized spacial score (nSPS) is 13.3. The van der Waals surface area contributed by atoms with Gasteiger partial charge in [-0.25, -0.2) is 0 Å². The van der Waals surface area contributed by atoms with E-state index >= 15 is 0 Å². The molecule has 0 N–H and O–H groups in total. The van der Waals surface area contributed by atoms with E-state index in [-0.39, 0.29) is 0 Å². The maximum Gasteiger partial charge on any atom is 0.127 e. The second-order valence-corrected chi connectivity index (χ2v) is 4.36. The molecule has 0 radical (unpaired) electrons. The largest absolute Gasteiger partial charge is 0.171 e. The monoisotopic (exact) mass is 262 g/mol. The van der Waals surface area contributed by atoms with Gasteiger partial charge in [0.2, 0.25) is 0 Å². The Morgan fingerprint density at radius 3 is 1.86 bits per heavy atom. The summed E-state index contributed by atoms with van der Waals surface area (Å²) in [5.41, 5.74) is 2.40. The average molecular weight is 263 g/mol. The van der Waals surface area contributed by atoms with E-state index in [1.165, 1.54) is 0 Å². The molecule has 8 heteroatoms. The molecule has 0 saturated heterocycles. The van der Waals surface area contributed by atoms with Crippen molar-refractivity contribution in [2.24, 2.45) is 8.73 Å². The maximum atomic E-state index is 6.08. The number of hydrogen-bond acceptors (Lipinski definition) is 5. The van der Waals surface area contributed by atoms with Crippen molar-refractivity contribution in [3.63, 3.8) is 0 Å². The Labute approximate surface area is 96.1 Å². The average Bonchev–Trinajstić information content (AvgIpc) is 2.82. The second kappa shape index (κ2) is 2.96. The van der Waals surface area contributed by atoms with Crippen LogP contribution in [0, 0.1) is 0 Å². The summed E-state index contributed by atoms with van der Waals surface area (Å²) < 4.78 is 16.2. The van der Waals surface area contributed by atoms with Gasteiger partial charge in [0, 0.05) is 0 Å². The van der Waals surface area contributed by atoms with Crippen LogP contribution >= 0.6 is 34.9 Å². The molecule has 0 aliphatic carbocycles. The molecule has 1 aliphatic heterocycles. The topological polar surface area (TPSA) is 50.5 Å². The highest BCUT2D eigenvalue weighted by atomic mass is 35.5. The Hall–Kier alpha value is -0.560. The van der Waals surface area contributed by atoms with Gasteiger partial charge in [-0.05, 0) is 0 Å². The summed E-state index contributed by atoms with van der Waals surface area (Å²) in [5, 5.41) is 0.948. The summed E-state index contributed by atoms with van der Waals surface area (Å²) in [5.74, 6) is 0. The van der Waals surface area contributed by atoms with Crippen molar-refractivity contribution in [2.75, 3.05) is 0 Å². The van der Waals surface area contributed by atoms with Crippen molar-refractivity contribution >= 4 is 68.7 Å². The molecule has 2 heterocycles. The molecule has 70 valence electrons. The van der Waals surface area contributed by atoms with E-state index in [1.807, 2.05) is 0 Å². The highest BCUT2D eigenvalue weighted by Crippen LogP contribution is 2.48. The molecule has 3 rings (SSSR count). The van der Waals surface area contributed by atoms with E-state index < -0.39 is 0 Å². The van der Waals surface area contributed by atoms with Gasteiger partial charge in [0.1, 0.15) is 22.4 Å². The lowest BCUT2D eigenvalue weighted by molar-refractivity contribution is 1.54.